The van der Waals surface area contributed by atoms with E-state index in [1.54, 1.807) is 0 Å². The molecule has 0 heterocycles. The van der Waals surface area contributed by atoms with Gasteiger partial charge in [0.25, 0.3) is 0 Å². The van der Waals surface area contributed by atoms with Crippen LogP contribution >= 0.6 is 25.3 Å². The number of ether oxygens (including phenoxy) is 1. The van der Waals surface area contributed by atoms with Crippen LogP contribution in [0.5, 0.6) is 0 Å². The molecule has 1 aromatic rings. The van der Waals surface area contributed by atoms with E-state index in [1.165, 1.54) is 13.2 Å². The van der Waals surface area contributed by atoms with Crippen LogP contribution in [0.4, 0.5) is 4.39 Å². The summed E-state index contributed by atoms with van der Waals surface area (Å²) in [5.74, 6) is 0.353. The SMILES string of the molecule is COC(=O)CCCCCc1cc(CC(S)CS)ccc1F. The number of carbonyl (C=O) groups is 1. The number of carbonyl (C=O) groups excluding carboxylic acids is 1. The summed E-state index contributed by atoms with van der Waals surface area (Å²) >= 11 is 8.62. The van der Waals surface area contributed by atoms with E-state index in [1.807, 2.05) is 12.1 Å². The largest absolute Gasteiger partial charge is 0.469 e. The maximum absolute atomic E-state index is 13.8. The maximum Gasteiger partial charge on any atom is 0.305 e. The summed E-state index contributed by atoms with van der Waals surface area (Å²) in [6.45, 7) is 0. The second-order valence-electron chi connectivity index (χ2n) is 5.10. The summed E-state index contributed by atoms with van der Waals surface area (Å²) < 4.78 is 18.4. The van der Waals surface area contributed by atoms with E-state index in [9.17, 15) is 9.18 Å². The lowest BCUT2D eigenvalue weighted by atomic mass is 10.0. The Labute approximate surface area is 137 Å². The Bertz CT molecular complexity index is 452. The molecule has 0 aliphatic carbocycles. The molecule has 0 amide bonds. The van der Waals surface area contributed by atoms with E-state index < -0.39 is 0 Å². The van der Waals surface area contributed by atoms with Crippen LogP contribution in [0.25, 0.3) is 0 Å². The molecule has 21 heavy (non-hydrogen) atoms. The number of rotatable bonds is 9. The summed E-state index contributed by atoms with van der Waals surface area (Å²) in [6.07, 6.45) is 4.47. The number of aryl methyl sites for hydroxylation is 1. The van der Waals surface area contributed by atoms with Crippen LogP contribution in [0.15, 0.2) is 18.2 Å². The summed E-state index contributed by atoms with van der Waals surface area (Å²) in [5.41, 5.74) is 1.83. The Morgan fingerprint density at radius 1 is 1.33 bits per heavy atom. The number of methoxy groups -OCH3 is 1. The monoisotopic (exact) mass is 330 g/mol. The zero-order valence-corrected chi connectivity index (χ0v) is 14.1. The molecule has 0 aliphatic heterocycles. The number of benzene rings is 1. The number of thiol groups is 2. The molecule has 0 fully saturated rings. The van der Waals surface area contributed by atoms with Crippen molar-refractivity contribution in [2.24, 2.45) is 0 Å². The fourth-order valence-corrected chi connectivity index (χ4v) is 2.49. The van der Waals surface area contributed by atoms with Crippen molar-refractivity contribution in [3.63, 3.8) is 0 Å². The average Bonchev–Trinajstić information content (AvgIpc) is 2.49. The van der Waals surface area contributed by atoms with E-state index in [4.69, 9.17) is 0 Å². The van der Waals surface area contributed by atoms with Gasteiger partial charge in [0, 0.05) is 17.4 Å². The average molecular weight is 330 g/mol. The second kappa shape index (κ2) is 10.1. The first kappa shape index (κ1) is 18.4. The number of halogens is 1. The van der Waals surface area contributed by atoms with Gasteiger partial charge in [-0.2, -0.15) is 25.3 Å². The van der Waals surface area contributed by atoms with Gasteiger partial charge in [0.05, 0.1) is 7.11 Å². The highest BCUT2D eigenvalue weighted by molar-refractivity contribution is 7.84. The third-order valence-electron chi connectivity index (χ3n) is 3.35. The molecule has 2 nitrogen and oxygen atoms in total. The van der Waals surface area contributed by atoms with Crippen LogP contribution in [0.1, 0.15) is 36.8 Å². The predicted molar refractivity (Wildman–Crippen MR) is 90.9 cm³/mol. The van der Waals surface area contributed by atoms with Crippen molar-refractivity contribution in [2.75, 3.05) is 12.9 Å². The van der Waals surface area contributed by atoms with E-state index >= 15 is 0 Å². The molecule has 1 rings (SSSR count). The molecule has 0 saturated heterocycles. The Morgan fingerprint density at radius 3 is 2.76 bits per heavy atom. The van der Waals surface area contributed by atoms with Gasteiger partial charge in [0.1, 0.15) is 5.82 Å². The minimum atomic E-state index is -0.185. The second-order valence-corrected chi connectivity index (χ2v) is 6.20. The van der Waals surface area contributed by atoms with Gasteiger partial charge in [-0.3, -0.25) is 4.79 Å². The number of unbranched alkanes of at least 4 members (excludes halogenated alkanes) is 2. The molecule has 0 aromatic heterocycles. The third-order valence-corrected chi connectivity index (χ3v) is 4.44. The highest BCUT2D eigenvalue weighted by Gasteiger charge is 2.07. The molecule has 1 unspecified atom stereocenters. The van der Waals surface area contributed by atoms with E-state index in [-0.39, 0.29) is 17.0 Å². The lowest BCUT2D eigenvalue weighted by Gasteiger charge is -2.10. The molecule has 0 radical (unpaired) electrons. The first-order chi connectivity index (χ1) is 10.1. The molecule has 0 aliphatic rings. The van der Waals surface area contributed by atoms with Gasteiger partial charge in [-0.25, -0.2) is 4.39 Å². The predicted octanol–water partition coefficient (Wildman–Crippen LogP) is 3.87. The minimum absolute atomic E-state index is 0.159. The van der Waals surface area contributed by atoms with Gasteiger partial charge in [0.15, 0.2) is 0 Å². The van der Waals surface area contributed by atoms with Gasteiger partial charge >= 0.3 is 5.97 Å². The van der Waals surface area contributed by atoms with Crippen molar-refractivity contribution < 1.29 is 13.9 Å². The van der Waals surface area contributed by atoms with Crippen molar-refractivity contribution >= 4 is 31.2 Å². The first-order valence-corrected chi connectivity index (χ1v) is 8.34. The smallest absolute Gasteiger partial charge is 0.305 e. The molecule has 1 aromatic carbocycles. The van der Waals surface area contributed by atoms with Crippen molar-refractivity contribution in [1.82, 2.24) is 0 Å². The highest BCUT2D eigenvalue weighted by Crippen LogP contribution is 2.17. The van der Waals surface area contributed by atoms with Crippen LogP contribution in [-0.2, 0) is 22.4 Å². The fraction of sp³-hybridized carbons (Fsp3) is 0.562. The number of esters is 1. The zero-order valence-electron chi connectivity index (χ0n) is 12.3. The van der Waals surface area contributed by atoms with Crippen molar-refractivity contribution in [2.45, 2.75) is 43.8 Å². The molecule has 0 N–H and O–H groups in total. The van der Waals surface area contributed by atoms with Gasteiger partial charge in [-0.05, 0) is 42.9 Å². The standard InChI is InChI=1S/C16H23FO2S2/c1-19-16(18)6-4-2-3-5-13-9-12(7-8-15(13)17)10-14(21)11-20/h7-9,14,20-21H,2-6,10-11H2,1H3. The van der Waals surface area contributed by atoms with Crippen LogP contribution in [0.2, 0.25) is 0 Å². The molecule has 118 valence electrons. The third kappa shape index (κ3) is 7.23. The van der Waals surface area contributed by atoms with Crippen LogP contribution < -0.4 is 0 Å². The Balaban J connectivity index is 2.43. The Kier molecular flexibility index (Phi) is 8.85. The zero-order chi connectivity index (χ0) is 15.7. The van der Waals surface area contributed by atoms with Crippen LogP contribution in [-0.4, -0.2) is 24.1 Å². The van der Waals surface area contributed by atoms with Crippen LogP contribution in [0.3, 0.4) is 0 Å². The molecule has 0 spiro atoms. The molecule has 0 bridgehead atoms. The van der Waals surface area contributed by atoms with Gasteiger partial charge in [0.2, 0.25) is 0 Å². The normalized spacial score (nSPS) is 12.2. The van der Waals surface area contributed by atoms with Gasteiger partial charge in [-0.1, -0.05) is 18.6 Å². The molecule has 1 atom stereocenters. The van der Waals surface area contributed by atoms with Crippen molar-refractivity contribution in [3.05, 3.63) is 35.1 Å². The van der Waals surface area contributed by atoms with E-state index in [0.717, 1.165) is 36.8 Å². The highest BCUT2D eigenvalue weighted by atomic mass is 32.1. The molecular weight excluding hydrogens is 307 g/mol. The summed E-state index contributed by atoms with van der Waals surface area (Å²) in [5, 5.41) is 0.187. The summed E-state index contributed by atoms with van der Waals surface area (Å²) in [7, 11) is 1.39. The summed E-state index contributed by atoms with van der Waals surface area (Å²) in [6, 6.07) is 5.25. The molecule has 5 heteroatoms. The van der Waals surface area contributed by atoms with Crippen molar-refractivity contribution in [3.8, 4) is 0 Å². The summed E-state index contributed by atoms with van der Waals surface area (Å²) in [4.78, 5) is 11.0. The maximum atomic E-state index is 13.8. The van der Waals surface area contributed by atoms with E-state index in [0.29, 0.717) is 18.6 Å². The minimum Gasteiger partial charge on any atom is -0.469 e. The van der Waals surface area contributed by atoms with Crippen molar-refractivity contribution in [1.29, 1.82) is 0 Å². The Morgan fingerprint density at radius 2 is 2.10 bits per heavy atom. The topological polar surface area (TPSA) is 26.3 Å². The molecular formula is C16H23FO2S2. The lowest BCUT2D eigenvalue weighted by Crippen LogP contribution is -2.06. The lowest BCUT2D eigenvalue weighted by molar-refractivity contribution is -0.140. The van der Waals surface area contributed by atoms with Gasteiger partial charge in [-0.15, -0.1) is 0 Å². The number of hydrogen-bond donors (Lipinski definition) is 2. The van der Waals surface area contributed by atoms with Crippen LogP contribution in [0, 0.1) is 5.82 Å². The number of hydrogen-bond acceptors (Lipinski definition) is 4. The fourth-order valence-electron chi connectivity index (χ4n) is 2.15. The van der Waals surface area contributed by atoms with E-state index in [2.05, 4.69) is 30.0 Å². The van der Waals surface area contributed by atoms with Gasteiger partial charge < -0.3 is 4.74 Å². The Hall–Kier alpha value is -0.680. The quantitative estimate of drug-likeness (QED) is 0.408. The first-order valence-electron chi connectivity index (χ1n) is 7.20. The molecule has 0 saturated carbocycles.